The van der Waals surface area contributed by atoms with Crippen molar-refractivity contribution in [3.05, 3.63) is 22.4 Å². The number of halogens is 1. The lowest BCUT2D eigenvalue weighted by atomic mass is 10.3. The van der Waals surface area contributed by atoms with E-state index in [1.165, 1.54) is 0 Å². The summed E-state index contributed by atoms with van der Waals surface area (Å²) in [6.45, 7) is 2.41. The quantitative estimate of drug-likeness (QED) is 0.889. The van der Waals surface area contributed by atoms with Gasteiger partial charge in [0.05, 0.1) is 11.8 Å². The predicted molar refractivity (Wildman–Crippen MR) is 64.0 cm³/mol. The number of hydrogen-bond acceptors (Lipinski definition) is 4. The Hall–Kier alpha value is -0.620. The number of aliphatic hydroxyl groups excluding tert-OH is 1. The average molecular weight is 258 g/mol. The van der Waals surface area contributed by atoms with Gasteiger partial charge in [-0.05, 0) is 6.42 Å². The molecule has 1 aliphatic rings. The topological polar surface area (TPSA) is 40.8 Å². The molecule has 1 aliphatic heterocycles. The van der Waals surface area contributed by atoms with E-state index in [-0.39, 0.29) is 6.10 Å². The SMILES string of the molecule is O[C@H]1CCN(Cc2c(Cl)nc3sccn23)C1. The largest absolute Gasteiger partial charge is 0.392 e. The number of β-amino-alcohol motifs (C(OH)–C–C–N with tert-alkyl or cyclic N) is 1. The molecule has 2 aromatic heterocycles. The predicted octanol–water partition coefficient (Wildman–Crippen LogP) is 1.62. The van der Waals surface area contributed by atoms with Crippen LogP contribution in [-0.2, 0) is 6.54 Å². The molecule has 4 nitrogen and oxygen atoms in total. The summed E-state index contributed by atoms with van der Waals surface area (Å²) in [5.41, 5.74) is 1.02. The molecule has 0 aromatic carbocycles. The summed E-state index contributed by atoms with van der Waals surface area (Å²) in [4.78, 5) is 7.43. The molecule has 3 rings (SSSR count). The number of rotatable bonds is 2. The summed E-state index contributed by atoms with van der Waals surface area (Å²) >= 11 is 7.69. The van der Waals surface area contributed by atoms with Gasteiger partial charge >= 0.3 is 0 Å². The Morgan fingerprint density at radius 3 is 3.25 bits per heavy atom. The lowest BCUT2D eigenvalue weighted by Crippen LogP contribution is -2.22. The van der Waals surface area contributed by atoms with Crippen LogP contribution in [0.1, 0.15) is 12.1 Å². The van der Waals surface area contributed by atoms with Gasteiger partial charge in [0.2, 0.25) is 0 Å². The van der Waals surface area contributed by atoms with Crippen LogP contribution in [0, 0.1) is 0 Å². The van der Waals surface area contributed by atoms with Gasteiger partial charge in [-0.2, -0.15) is 0 Å². The van der Waals surface area contributed by atoms with Crippen molar-refractivity contribution in [2.75, 3.05) is 13.1 Å². The van der Waals surface area contributed by atoms with Gasteiger partial charge in [0.1, 0.15) is 0 Å². The second kappa shape index (κ2) is 4.00. The van der Waals surface area contributed by atoms with Gasteiger partial charge in [0, 0.05) is 31.2 Å². The van der Waals surface area contributed by atoms with Crippen molar-refractivity contribution in [2.24, 2.45) is 0 Å². The van der Waals surface area contributed by atoms with E-state index in [1.807, 2.05) is 16.0 Å². The van der Waals surface area contributed by atoms with E-state index in [2.05, 4.69) is 9.88 Å². The van der Waals surface area contributed by atoms with Crippen molar-refractivity contribution in [1.82, 2.24) is 14.3 Å². The first-order chi connectivity index (χ1) is 7.74. The van der Waals surface area contributed by atoms with Crippen LogP contribution in [-0.4, -0.2) is 38.6 Å². The second-order valence-corrected chi connectivity index (χ2v) is 5.31. The molecule has 0 aliphatic carbocycles. The van der Waals surface area contributed by atoms with Crippen molar-refractivity contribution < 1.29 is 5.11 Å². The zero-order valence-corrected chi connectivity index (χ0v) is 10.2. The Bertz CT molecular complexity index is 509. The van der Waals surface area contributed by atoms with Crippen molar-refractivity contribution in [3.8, 4) is 0 Å². The zero-order chi connectivity index (χ0) is 11.1. The van der Waals surface area contributed by atoms with Crippen LogP contribution in [0.3, 0.4) is 0 Å². The van der Waals surface area contributed by atoms with Gasteiger partial charge in [0.15, 0.2) is 10.1 Å². The molecule has 1 atom stereocenters. The molecule has 0 bridgehead atoms. The summed E-state index contributed by atoms with van der Waals surface area (Å²) in [6.07, 6.45) is 2.65. The van der Waals surface area contributed by atoms with Crippen LogP contribution in [0.5, 0.6) is 0 Å². The van der Waals surface area contributed by atoms with E-state index < -0.39 is 0 Å². The first-order valence-corrected chi connectivity index (χ1v) is 6.50. The number of hydrogen-bond donors (Lipinski definition) is 1. The van der Waals surface area contributed by atoms with E-state index in [9.17, 15) is 5.11 Å². The Labute approximate surface area is 102 Å². The summed E-state index contributed by atoms with van der Waals surface area (Å²) in [6, 6.07) is 0. The van der Waals surface area contributed by atoms with Crippen molar-refractivity contribution in [2.45, 2.75) is 19.1 Å². The van der Waals surface area contributed by atoms with Crippen molar-refractivity contribution in [3.63, 3.8) is 0 Å². The summed E-state index contributed by atoms with van der Waals surface area (Å²) in [5, 5.41) is 12.1. The minimum Gasteiger partial charge on any atom is -0.392 e. The fourth-order valence-electron chi connectivity index (χ4n) is 2.12. The van der Waals surface area contributed by atoms with Gasteiger partial charge in [-0.25, -0.2) is 4.98 Å². The maximum absolute atomic E-state index is 9.48. The zero-order valence-electron chi connectivity index (χ0n) is 8.64. The second-order valence-electron chi connectivity index (χ2n) is 4.08. The highest BCUT2D eigenvalue weighted by Gasteiger charge is 2.22. The Balaban J connectivity index is 1.88. The molecule has 86 valence electrons. The fourth-order valence-corrected chi connectivity index (χ4v) is 3.13. The van der Waals surface area contributed by atoms with Crippen LogP contribution in [0.25, 0.3) is 4.96 Å². The first-order valence-electron chi connectivity index (χ1n) is 5.24. The van der Waals surface area contributed by atoms with Gasteiger partial charge < -0.3 is 5.11 Å². The summed E-state index contributed by atoms with van der Waals surface area (Å²) < 4.78 is 2.03. The van der Waals surface area contributed by atoms with Crippen LogP contribution >= 0.6 is 22.9 Å². The molecule has 0 spiro atoms. The third-order valence-electron chi connectivity index (χ3n) is 2.93. The molecule has 3 heterocycles. The van der Waals surface area contributed by atoms with Gasteiger partial charge in [-0.3, -0.25) is 9.30 Å². The lowest BCUT2D eigenvalue weighted by Gasteiger charge is -2.14. The monoisotopic (exact) mass is 257 g/mol. The molecule has 1 saturated heterocycles. The number of nitrogens with zero attached hydrogens (tertiary/aromatic N) is 3. The van der Waals surface area contributed by atoms with Crippen LogP contribution in [0.4, 0.5) is 0 Å². The maximum atomic E-state index is 9.48. The molecule has 0 amide bonds. The minimum absolute atomic E-state index is 0.190. The summed E-state index contributed by atoms with van der Waals surface area (Å²) in [5.74, 6) is 0. The number of aliphatic hydroxyl groups is 1. The first kappa shape index (κ1) is 10.5. The highest BCUT2D eigenvalue weighted by atomic mass is 35.5. The molecule has 1 fully saturated rings. The third kappa shape index (κ3) is 1.73. The molecule has 1 N–H and O–H groups in total. The molecule has 0 radical (unpaired) electrons. The van der Waals surface area contributed by atoms with E-state index in [0.29, 0.717) is 5.15 Å². The van der Waals surface area contributed by atoms with Crippen LogP contribution in [0.15, 0.2) is 11.6 Å². The molecule has 16 heavy (non-hydrogen) atoms. The maximum Gasteiger partial charge on any atom is 0.195 e. The van der Waals surface area contributed by atoms with Crippen molar-refractivity contribution in [1.29, 1.82) is 0 Å². The highest BCUT2D eigenvalue weighted by Crippen LogP contribution is 2.23. The number of aromatic nitrogens is 2. The van der Waals surface area contributed by atoms with Gasteiger partial charge in [-0.15, -0.1) is 11.3 Å². The minimum atomic E-state index is -0.190. The molecular formula is C10H12ClN3OS. The Kier molecular flexibility index (Phi) is 2.63. The smallest absolute Gasteiger partial charge is 0.195 e. The van der Waals surface area contributed by atoms with Gasteiger partial charge in [-0.1, -0.05) is 11.6 Å². The lowest BCUT2D eigenvalue weighted by molar-refractivity contribution is 0.174. The standard InChI is InChI=1S/C10H12ClN3OS/c11-9-8(6-13-2-1-7(15)5-13)14-3-4-16-10(14)12-9/h3-4,7,15H,1-2,5-6H2/t7-/m0/s1. The number of thiazole rings is 1. The van der Waals surface area contributed by atoms with Gasteiger partial charge in [0.25, 0.3) is 0 Å². The molecular weight excluding hydrogens is 246 g/mol. The molecule has 0 unspecified atom stereocenters. The summed E-state index contributed by atoms with van der Waals surface area (Å²) in [7, 11) is 0. The number of fused-ring (bicyclic) bond motifs is 1. The number of imidazole rings is 1. The third-order valence-corrected chi connectivity index (χ3v) is 3.99. The normalized spacial score (nSPS) is 22.2. The average Bonchev–Trinajstić information content (AvgIpc) is 2.88. The van der Waals surface area contributed by atoms with Crippen LogP contribution < -0.4 is 0 Å². The molecule has 6 heteroatoms. The van der Waals surface area contributed by atoms with E-state index in [0.717, 1.165) is 36.7 Å². The Morgan fingerprint density at radius 2 is 2.50 bits per heavy atom. The van der Waals surface area contributed by atoms with Crippen molar-refractivity contribution >= 4 is 27.9 Å². The highest BCUT2D eigenvalue weighted by molar-refractivity contribution is 7.15. The Morgan fingerprint density at radius 1 is 1.62 bits per heavy atom. The molecule has 0 saturated carbocycles. The number of likely N-dealkylation sites (tertiary alicyclic amines) is 1. The van der Waals surface area contributed by atoms with Crippen LogP contribution in [0.2, 0.25) is 5.15 Å². The molecule has 2 aromatic rings. The van der Waals surface area contributed by atoms with E-state index in [1.54, 1.807) is 11.3 Å². The van der Waals surface area contributed by atoms with E-state index >= 15 is 0 Å². The van der Waals surface area contributed by atoms with E-state index in [4.69, 9.17) is 11.6 Å². The fraction of sp³-hybridized carbons (Fsp3) is 0.500.